The molecule has 26 heavy (non-hydrogen) atoms. The van der Waals surface area contributed by atoms with Crippen molar-refractivity contribution in [2.45, 2.75) is 23.5 Å². The number of aromatic nitrogens is 1. The molecule has 1 atom stereocenters. The summed E-state index contributed by atoms with van der Waals surface area (Å²) in [5.74, 6) is -1.86. The topological polar surface area (TPSA) is 108 Å². The van der Waals surface area contributed by atoms with Crippen molar-refractivity contribution in [1.29, 1.82) is 0 Å². The van der Waals surface area contributed by atoms with Crippen LogP contribution in [-0.4, -0.2) is 33.1 Å². The summed E-state index contributed by atoms with van der Waals surface area (Å²) >= 11 is 2.73. The van der Waals surface area contributed by atoms with Crippen molar-refractivity contribution >= 4 is 51.7 Å². The second-order valence-corrected chi connectivity index (χ2v) is 7.20. The third-order valence-electron chi connectivity index (χ3n) is 3.08. The Kier molecular flexibility index (Phi) is 7.37. The van der Waals surface area contributed by atoms with E-state index >= 15 is 0 Å². The molecule has 0 spiro atoms. The molecule has 1 aromatic carbocycles. The maximum atomic E-state index is 12.4. The van der Waals surface area contributed by atoms with Crippen molar-refractivity contribution in [3.05, 3.63) is 48.0 Å². The summed E-state index contributed by atoms with van der Waals surface area (Å²) < 4.78 is 0. The van der Waals surface area contributed by atoms with E-state index in [9.17, 15) is 14.4 Å². The minimum Gasteiger partial charge on any atom is -0.478 e. The number of nitrogens with zero attached hydrogens (tertiary/aromatic N) is 1. The third kappa shape index (κ3) is 6.34. The van der Waals surface area contributed by atoms with Gasteiger partial charge < -0.3 is 15.7 Å². The molecule has 2 aromatic rings. The molecule has 2 amide bonds. The molecule has 0 aliphatic rings. The summed E-state index contributed by atoms with van der Waals surface area (Å²) in [5.41, 5.74) is 0.519. The first-order valence-corrected chi connectivity index (χ1v) is 9.43. The van der Waals surface area contributed by atoms with Crippen LogP contribution in [0.4, 0.5) is 10.8 Å². The van der Waals surface area contributed by atoms with Crippen molar-refractivity contribution in [1.82, 2.24) is 4.98 Å². The number of thiazole rings is 1. The normalized spacial score (nSPS) is 11.9. The van der Waals surface area contributed by atoms with Gasteiger partial charge in [-0.15, -0.1) is 23.1 Å². The molecule has 0 saturated carbocycles. The molecule has 9 heteroatoms. The van der Waals surface area contributed by atoms with Gasteiger partial charge in [-0.25, -0.2) is 9.78 Å². The van der Waals surface area contributed by atoms with Gasteiger partial charge in [-0.3, -0.25) is 9.59 Å². The summed E-state index contributed by atoms with van der Waals surface area (Å²) in [6.07, 6.45) is 3.96. The molecular weight excluding hydrogens is 374 g/mol. The molecule has 0 saturated heterocycles. The van der Waals surface area contributed by atoms with Gasteiger partial charge in [-0.2, -0.15) is 0 Å². The van der Waals surface area contributed by atoms with Crippen molar-refractivity contribution in [2.24, 2.45) is 0 Å². The van der Waals surface area contributed by atoms with Crippen molar-refractivity contribution < 1.29 is 19.5 Å². The largest absolute Gasteiger partial charge is 0.478 e. The first-order chi connectivity index (χ1) is 12.5. The Bertz CT molecular complexity index is 806. The Hall–Kier alpha value is -2.65. The molecule has 0 fully saturated rings. The van der Waals surface area contributed by atoms with Gasteiger partial charge >= 0.3 is 5.97 Å². The fourth-order valence-electron chi connectivity index (χ4n) is 1.94. The van der Waals surface area contributed by atoms with Gasteiger partial charge in [0.15, 0.2) is 5.13 Å². The van der Waals surface area contributed by atoms with Crippen LogP contribution in [0.2, 0.25) is 0 Å². The minimum atomic E-state index is -1.19. The Morgan fingerprint density at radius 3 is 2.77 bits per heavy atom. The van der Waals surface area contributed by atoms with Crippen LogP contribution in [0.25, 0.3) is 0 Å². The number of amides is 2. The van der Waals surface area contributed by atoms with E-state index in [1.807, 2.05) is 13.0 Å². The summed E-state index contributed by atoms with van der Waals surface area (Å²) in [6, 6.07) is 7.01. The average Bonchev–Trinajstić information content (AvgIpc) is 3.11. The predicted molar refractivity (Wildman–Crippen MR) is 103 cm³/mol. The van der Waals surface area contributed by atoms with Gasteiger partial charge in [-0.1, -0.05) is 13.0 Å². The maximum Gasteiger partial charge on any atom is 0.328 e. The van der Waals surface area contributed by atoms with Gasteiger partial charge in [0.2, 0.25) is 11.8 Å². The lowest BCUT2D eigenvalue weighted by Crippen LogP contribution is -2.24. The maximum absolute atomic E-state index is 12.4. The Labute approximate surface area is 158 Å². The standard InChI is InChI=1S/C17H17N3O4S2/c1-2-13(16(24)20-17-18-8-9-25-17)26-12-5-3-4-11(10-12)19-14(21)6-7-15(22)23/h3-10,13H,2H2,1H3,(H,19,21)(H,22,23)(H,18,20,24)/b7-6+. The lowest BCUT2D eigenvalue weighted by atomic mass is 10.3. The van der Waals surface area contributed by atoms with Crippen molar-refractivity contribution in [3.63, 3.8) is 0 Å². The molecule has 1 aromatic heterocycles. The van der Waals surface area contributed by atoms with Crippen LogP contribution < -0.4 is 10.6 Å². The zero-order chi connectivity index (χ0) is 18.9. The number of rotatable bonds is 8. The van der Waals surface area contributed by atoms with E-state index in [1.54, 1.807) is 29.8 Å². The molecular formula is C17H17N3O4S2. The first-order valence-electron chi connectivity index (χ1n) is 7.67. The van der Waals surface area contributed by atoms with Crippen LogP contribution in [0.1, 0.15) is 13.3 Å². The number of hydrogen-bond acceptors (Lipinski definition) is 6. The zero-order valence-corrected chi connectivity index (χ0v) is 15.5. The summed E-state index contributed by atoms with van der Waals surface area (Å²) in [4.78, 5) is 39.3. The lowest BCUT2D eigenvalue weighted by Gasteiger charge is -2.14. The SMILES string of the molecule is CCC(Sc1cccc(NC(=O)/C=C/C(=O)O)c1)C(=O)Nc1nccs1. The van der Waals surface area contributed by atoms with Crippen LogP contribution in [0, 0.1) is 0 Å². The van der Waals surface area contributed by atoms with E-state index in [2.05, 4.69) is 15.6 Å². The smallest absolute Gasteiger partial charge is 0.328 e. The van der Waals surface area contributed by atoms with E-state index in [-0.39, 0.29) is 11.2 Å². The van der Waals surface area contributed by atoms with Crippen LogP contribution >= 0.6 is 23.1 Å². The number of carboxylic acid groups (broad SMARTS) is 1. The molecule has 1 unspecified atom stereocenters. The van der Waals surface area contributed by atoms with Crippen LogP contribution in [0.5, 0.6) is 0 Å². The second kappa shape index (κ2) is 9.73. The molecule has 0 bridgehead atoms. The second-order valence-electron chi connectivity index (χ2n) is 5.03. The van der Waals surface area contributed by atoms with Crippen LogP contribution in [0.15, 0.2) is 52.9 Å². The Morgan fingerprint density at radius 2 is 2.12 bits per heavy atom. The van der Waals surface area contributed by atoms with Crippen LogP contribution in [-0.2, 0) is 14.4 Å². The Morgan fingerprint density at radius 1 is 1.31 bits per heavy atom. The molecule has 7 nitrogen and oxygen atoms in total. The quantitative estimate of drug-likeness (QED) is 0.471. The number of thioether (sulfide) groups is 1. The van der Waals surface area contributed by atoms with Gasteiger partial charge in [-0.05, 0) is 24.6 Å². The molecule has 136 valence electrons. The fourth-order valence-corrected chi connectivity index (χ4v) is 3.48. The van der Waals surface area contributed by atoms with E-state index < -0.39 is 11.9 Å². The predicted octanol–water partition coefficient (Wildman–Crippen LogP) is 3.23. The molecule has 0 radical (unpaired) electrons. The minimum absolute atomic E-state index is 0.133. The van der Waals surface area contributed by atoms with E-state index in [4.69, 9.17) is 5.11 Å². The lowest BCUT2D eigenvalue weighted by molar-refractivity contribution is -0.131. The molecule has 0 aliphatic heterocycles. The molecule has 1 heterocycles. The van der Waals surface area contributed by atoms with E-state index in [0.29, 0.717) is 17.2 Å². The number of carbonyl (C=O) groups excluding carboxylic acids is 2. The van der Waals surface area contributed by atoms with Gasteiger partial charge in [0.05, 0.1) is 5.25 Å². The monoisotopic (exact) mass is 391 g/mol. The highest BCUT2D eigenvalue weighted by atomic mass is 32.2. The number of aliphatic carboxylic acids is 1. The van der Waals surface area contributed by atoms with Gasteiger partial charge in [0, 0.05) is 34.3 Å². The number of carboxylic acids is 1. The number of benzene rings is 1. The highest BCUT2D eigenvalue weighted by Crippen LogP contribution is 2.28. The summed E-state index contributed by atoms with van der Waals surface area (Å²) in [5, 5.41) is 15.9. The number of nitrogens with one attached hydrogen (secondary N) is 2. The summed E-state index contributed by atoms with van der Waals surface area (Å²) in [6.45, 7) is 1.92. The van der Waals surface area contributed by atoms with E-state index in [1.165, 1.54) is 23.1 Å². The Balaban J connectivity index is 2.00. The van der Waals surface area contributed by atoms with Gasteiger partial charge in [0.25, 0.3) is 0 Å². The first kappa shape index (κ1) is 19.7. The fraction of sp³-hybridized carbons (Fsp3) is 0.176. The average molecular weight is 391 g/mol. The van der Waals surface area contributed by atoms with Crippen LogP contribution in [0.3, 0.4) is 0 Å². The number of hydrogen-bond donors (Lipinski definition) is 3. The summed E-state index contributed by atoms with van der Waals surface area (Å²) in [7, 11) is 0. The molecule has 2 rings (SSSR count). The molecule has 0 aliphatic carbocycles. The number of carbonyl (C=O) groups is 3. The van der Waals surface area contributed by atoms with Crippen molar-refractivity contribution in [3.8, 4) is 0 Å². The number of anilines is 2. The van der Waals surface area contributed by atoms with Crippen molar-refractivity contribution in [2.75, 3.05) is 10.6 Å². The zero-order valence-electron chi connectivity index (χ0n) is 13.8. The third-order valence-corrected chi connectivity index (χ3v) is 5.13. The molecule has 3 N–H and O–H groups in total. The highest BCUT2D eigenvalue weighted by Gasteiger charge is 2.19. The van der Waals surface area contributed by atoms with E-state index in [0.717, 1.165) is 17.0 Å². The highest BCUT2D eigenvalue weighted by molar-refractivity contribution is 8.00. The van der Waals surface area contributed by atoms with Gasteiger partial charge in [0.1, 0.15) is 0 Å².